The van der Waals surface area contributed by atoms with E-state index in [1.54, 1.807) is 6.82 Å². The molecule has 15 heavy (non-hydrogen) atoms. The van der Waals surface area contributed by atoms with E-state index in [0.29, 0.717) is 19.4 Å². The first-order chi connectivity index (χ1) is 6.93. The average molecular weight is 216 g/mol. The molecule has 0 fully saturated rings. The lowest BCUT2D eigenvalue weighted by Crippen LogP contribution is -2.45. The summed E-state index contributed by atoms with van der Waals surface area (Å²) < 4.78 is 0. The van der Waals surface area contributed by atoms with E-state index in [1.807, 2.05) is 0 Å². The highest BCUT2D eigenvalue weighted by Gasteiger charge is 2.19. The molecule has 0 saturated carbocycles. The topological polar surface area (TPSA) is 102 Å². The molecular weight excluding hydrogens is 198 g/mol. The minimum atomic E-state index is -0.979. The number of nitrogens with one attached hydrogen (secondary N) is 2. The molecule has 1 atom stereocenters. The summed E-state index contributed by atoms with van der Waals surface area (Å²) >= 11 is 0. The Morgan fingerprint density at radius 3 is 2.33 bits per heavy atom. The number of carbonyl (C=O) groups is 1. The predicted octanol–water partition coefficient (Wildman–Crippen LogP) is -1.38. The highest BCUT2D eigenvalue weighted by atomic mass is 16.4. The molecule has 0 radical (unpaired) electrons. The molecule has 0 spiro atoms. The third kappa shape index (κ3) is 8.44. The molecule has 86 valence electrons. The molecule has 0 aliphatic rings. The van der Waals surface area contributed by atoms with E-state index in [-0.39, 0.29) is 0 Å². The van der Waals surface area contributed by atoms with Gasteiger partial charge in [-0.3, -0.25) is 4.79 Å². The van der Waals surface area contributed by atoms with Crippen molar-refractivity contribution in [3.63, 3.8) is 0 Å². The number of carboxylic acid groups (broad SMARTS) is 1. The lowest BCUT2D eigenvalue weighted by atomic mass is 9.86. The quantitative estimate of drug-likeness (QED) is 0.253. The molecule has 6 nitrogen and oxygen atoms in total. The maximum atomic E-state index is 10.7. The Morgan fingerprint density at radius 2 is 1.93 bits per heavy atom. The smallest absolute Gasteiger partial charge is 0.374 e. The van der Waals surface area contributed by atoms with Crippen LogP contribution in [0, 0.1) is 0 Å². The van der Waals surface area contributed by atoms with Crippen LogP contribution in [-0.2, 0) is 4.79 Å². The van der Waals surface area contributed by atoms with Gasteiger partial charge in [0.2, 0.25) is 0 Å². The van der Waals surface area contributed by atoms with Crippen LogP contribution in [0.5, 0.6) is 0 Å². The van der Waals surface area contributed by atoms with Gasteiger partial charge in [-0.2, -0.15) is 0 Å². The third-order valence-corrected chi connectivity index (χ3v) is 1.85. The fourth-order valence-electron chi connectivity index (χ4n) is 1.19. The van der Waals surface area contributed by atoms with Crippen LogP contribution in [-0.4, -0.2) is 47.8 Å². The summed E-state index contributed by atoms with van der Waals surface area (Å²) in [5.41, 5.74) is 0. The first-order valence-corrected chi connectivity index (χ1v) is 5.02. The van der Waals surface area contributed by atoms with Crippen LogP contribution in [0.2, 0.25) is 13.6 Å². The molecule has 0 rings (SSSR count). The summed E-state index contributed by atoms with van der Waals surface area (Å²) in [6.45, 7) is 3.62. The molecule has 0 aromatic carbocycles. The molecule has 0 aliphatic carbocycles. The van der Waals surface area contributed by atoms with Gasteiger partial charge >= 0.3 is 20.1 Å². The summed E-state index contributed by atoms with van der Waals surface area (Å²) in [6.07, 6.45) is 1.02. The van der Waals surface area contributed by atoms with E-state index in [1.165, 1.54) is 6.82 Å². The lowest BCUT2D eigenvalue weighted by molar-refractivity contribution is -0.139. The zero-order chi connectivity index (χ0) is 11.8. The Hall–Kier alpha value is -0.560. The number of aliphatic carboxylic acids is 1. The first-order valence-electron chi connectivity index (χ1n) is 5.02. The van der Waals surface area contributed by atoms with Crippen LogP contribution in [0.1, 0.15) is 12.8 Å². The van der Waals surface area contributed by atoms with Crippen molar-refractivity contribution in [1.82, 2.24) is 10.5 Å². The molecule has 0 bridgehead atoms. The zero-order valence-electron chi connectivity index (χ0n) is 9.10. The number of rotatable bonds is 8. The molecule has 0 aromatic heterocycles. The van der Waals surface area contributed by atoms with E-state index in [9.17, 15) is 4.79 Å². The summed E-state index contributed by atoms with van der Waals surface area (Å²) in [4.78, 5) is 10.7. The van der Waals surface area contributed by atoms with E-state index in [2.05, 4.69) is 10.5 Å². The van der Waals surface area contributed by atoms with Gasteiger partial charge in [0, 0.05) is 0 Å². The molecular formula is C7H18B2N2O4. The Bertz CT molecular complexity index is 192. The number of hydrogen-bond donors (Lipinski definition) is 5. The first kappa shape index (κ1) is 14.4. The van der Waals surface area contributed by atoms with Crippen LogP contribution in [0.15, 0.2) is 0 Å². The monoisotopic (exact) mass is 216 g/mol. The van der Waals surface area contributed by atoms with Gasteiger partial charge in [0.05, 0.1) is 6.04 Å². The van der Waals surface area contributed by atoms with Crippen LogP contribution >= 0.6 is 0 Å². The maximum Gasteiger partial charge on any atom is 0.374 e. The van der Waals surface area contributed by atoms with Gasteiger partial charge in [0.25, 0.3) is 0 Å². The van der Waals surface area contributed by atoms with Crippen LogP contribution < -0.4 is 10.5 Å². The Balaban J connectivity index is 3.72. The van der Waals surface area contributed by atoms with Gasteiger partial charge in [-0.25, -0.2) is 0 Å². The van der Waals surface area contributed by atoms with Gasteiger partial charge in [-0.1, -0.05) is 0 Å². The second kappa shape index (κ2) is 7.70. The highest BCUT2D eigenvalue weighted by molar-refractivity contribution is 6.46. The molecule has 0 amide bonds. The van der Waals surface area contributed by atoms with E-state index in [0.717, 1.165) is 0 Å². The van der Waals surface area contributed by atoms with Crippen molar-refractivity contribution in [3.05, 3.63) is 0 Å². The fourth-order valence-corrected chi connectivity index (χ4v) is 1.19. The zero-order valence-corrected chi connectivity index (χ0v) is 9.10. The van der Waals surface area contributed by atoms with Crippen molar-refractivity contribution in [2.24, 2.45) is 0 Å². The second-order valence-corrected chi connectivity index (χ2v) is 3.51. The van der Waals surface area contributed by atoms with E-state index >= 15 is 0 Å². The summed E-state index contributed by atoms with van der Waals surface area (Å²) in [5, 5.41) is 32.0. The SMILES string of the molecule is CB(O)NCCCC(NB(C)O)C(=O)O. The van der Waals surface area contributed by atoms with Gasteiger partial charge in [0.15, 0.2) is 0 Å². The second-order valence-electron chi connectivity index (χ2n) is 3.51. The van der Waals surface area contributed by atoms with E-state index in [4.69, 9.17) is 15.2 Å². The van der Waals surface area contributed by atoms with Gasteiger partial charge in [-0.05, 0) is 33.0 Å². The Morgan fingerprint density at radius 1 is 1.33 bits per heavy atom. The van der Waals surface area contributed by atoms with Crippen molar-refractivity contribution in [2.75, 3.05) is 6.54 Å². The fraction of sp³-hybridized carbons (Fsp3) is 0.857. The molecule has 0 aromatic rings. The van der Waals surface area contributed by atoms with Crippen LogP contribution in [0.4, 0.5) is 0 Å². The lowest BCUT2D eigenvalue weighted by Gasteiger charge is -2.14. The van der Waals surface area contributed by atoms with Crippen LogP contribution in [0.25, 0.3) is 0 Å². The standard InChI is InChI=1S/C7H18B2N2O4/c1-8(14)10-5-3-4-6(7(12)13)11-9(2)15/h6,10-11,14-15H,3-5H2,1-2H3,(H,12,13). The van der Waals surface area contributed by atoms with Gasteiger partial charge in [0.1, 0.15) is 0 Å². The van der Waals surface area contributed by atoms with Crippen LogP contribution in [0.3, 0.4) is 0 Å². The normalized spacial score (nSPS) is 12.3. The number of carboxylic acids is 1. The third-order valence-electron chi connectivity index (χ3n) is 1.85. The minimum Gasteiger partial charge on any atom is -0.480 e. The summed E-state index contributed by atoms with van der Waals surface area (Å²) in [5.74, 6) is -0.979. The van der Waals surface area contributed by atoms with Crippen molar-refractivity contribution >= 4 is 20.1 Å². The Labute approximate surface area is 90.3 Å². The number of hydrogen-bond acceptors (Lipinski definition) is 5. The minimum absolute atomic E-state index is 0.403. The molecule has 0 saturated heterocycles. The predicted molar refractivity (Wildman–Crippen MR) is 59.5 cm³/mol. The summed E-state index contributed by atoms with van der Waals surface area (Å²) in [6, 6.07) is -0.749. The van der Waals surface area contributed by atoms with Crippen molar-refractivity contribution < 1.29 is 19.9 Å². The highest BCUT2D eigenvalue weighted by Crippen LogP contribution is 1.97. The summed E-state index contributed by atoms with van der Waals surface area (Å²) in [7, 11) is -1.42. The van der Waals surface area contributed by atoms with Gasteiger partial charge < -0.3 is 25.6 Å². The molecule has 5 N–H and O–H groups in total. The molecule has 0 aliphatic heterocycles. The Kier molecular flexibility index (Phi) is 7.41. The largest absolute Gasteiger partial charge is 0.480 e. The molecule has 0 heterocycles. The van der Waals surface area contributed by atoms with E-state index < -0.39 is 26.1 Å². The maximum absolute atomic E-state index is 10.7. The van der Waals surface area contributed by atoms with Crippen molar-refractivity contribution in [2.45, 2.75) is 32.5 Å². The average Bonchev–Trinajstić information content (AvgIpc) is 2.08. The van der Waals surface area contributed by atoms with Gasteiger partial charge in [-0.15, -0.1) is 0 Å². The molecule has 8 heteroatoms. The van der Waals surface area contributed by atoms with Crippen molar-refractivity contribution in [1.29, 1.82) is 0 Å². The molecule has 1 unspecified atom stereocenters. The van der Waals surface area contributed by atoms with Crippen molar-refractivity contribution in [3.8, 4) is 0 Å².